The predicted octanol–water partition coefficient (Wildman–Crippen LogP) is 4.16. The van der Waals surface area contributed by atoms with E-state index in [0.717, 1.165) is 29.7 Å². The van der Waals surface area contributed by atoms with Crippen LogP contribution in [0.2, 0.25) is 0 Å². The zero-order valence-electron chi connectivity index (χ0n) is 16.0. The number of sulfonamides is 1. The van der Waals surface area contributed by atoms with Gasteiger partial charge in [0.2, 0.25) is 15.9 Å². The van der Waals surface area contributed by atoms with Gasteiger partial charge >= 0.3 is 0 Å². The van der Waals surface area contributed by atoms with Gasteiger partial charge in [0, 0.05) is 23.2 Å². The van der Waals surface area contributed by atoms with Gasteiger partial charge in [0.25, 0.3) is 0 Å². The third-order valence-corrected chi connectivity index (χ3v) is 7.19. The second kappa shape index (κ2) is 8.84. The Hall–Kier alpha value is -2.25. The molecule has 5 nitrogen and oxygen atoms in total. The standard InChI is InChI=1S/C21H24N2O3S2/c1-3-28(25,26)23-14-4-5-17-15-18(9-12-20(17)23)22-21(24)13-8-16-6-10-19(27-2)11-7-16/h6-13,15H,3-5,14H2,1-2H3,(H,22,24). The molecular formula is C21H24N2O3S2. The van der Waals surface area contributed by atoms with E-state index < -0.39 is 10.0 Å². The van der Waals surface area contributed by atoms with Crippen molar-refractivity contribution in [3.05, 3.63) is 59.7 Å². The van der Waals surface area contributed by atoms with Gasteiger partial charge in [0.1, 0.15) is 0 Å². The first-order chi connectivity index (χ1) is 13.4. The molecule has 0 aromatic heterocycles. The summed E-state index contributed by atoms with van der Waals surface area (Å²) < 4.78 is 26.1. The lowest BCUT2D eigenvalue weighted by atomic mass is 10.0. The van der Waals surface area contributed by atoms with Gasteiger partial charge in [-0.05, 0) is 73.6 Å². The topological polar surface area (TPSA) is 66.5 Å². The zero-order chi connectivity index (χ0) is 20.1. The van der Waals surface area contributed by atoms with Crippen molar-refractivity contribution in [3.8, 4) is 0 Å². The molecule has 1 heterocycles. The SMILES string of the molecule is CCS(=O)(=O)N1CCCc2cc(NC(=O)C=Cc3ccc(SC)cc3)ccc21. The van der Waals surface area contributed by atoms with Crippen molar-refractivity contribution in [2.45, 2.75) is 24.7 Å². The van der Waals surface area contributed by atoms with Crippen LogP contribution in [0.15, 0.2) is 53.4 Å². The van der Waals surface area contributed by atoms with E-state index in [-0.39, 0.29) is 11.7 Å². The highest BCUT2D eigenvalue weighted by molar-refractivity contribution is 7.98. The molecule has 0 bridgehead atoms. The number of benzene rings is 2. The highest BCUT2D eigenvalue weighted by atomic mass is 32.2. The summed E-state index contributed by atoms with van der Waals surface area (Å²) >= 11 is 1.67. The van der Waals surface area contributed by atoms with E-state index in [4.69, 9.17) is 0 Å². The number of amides is 1. The highest BCUT2D eigenvalue weighted by Crippen LogP contribution is 2.31. The third-order valence-electron chi connectivity index (χ3n) is 4.67. The normalized spacial score (nSPS) is 14.1. The first-order valence-corrected chi connectivity index (χ1v) is 12.0. The van der Waals surface area contributed by atoms with Gasteiger partial charge in [0.05, 0.1) is 11.4 Å². The summed E-state index contributed by atoms with van der Waals surface area (Å²) in [7, 11) is -3.28. The maximum absolute atomic E-state index is 12.3. The van der Waals surface area contributed by atoms with Gasteiger partial charge in [-0.15, -0.1) is 11.8 Å². The van der Waals surface area contributed by atoms with E-state index in [1.807, 2.05) is 36.6 Å². The van der Waals surface area contributed by atoms with Crippen LogP contribution in [0.5, 0.6) is 0 Å². The lowest BCUT2D eigenvalue weighted by molar-refractivity contribution is -0.111. The van der Waals surface area contributed by atoms with E-state index in [1.165, 1.54) is 15.3 Å². The molecule has 1 aliphatic heterocycles. The Morgan fingerprint density at radius 3 is 2.64 bits per heavy atom. The number of aryl methyl sites for hydroxylation is 1. The smallest absolute Gasteiger partial charge is 0.248 e. The maximum Gasteiger partial charge on any atom is 0.248 e. The molecule has 0 aliphatic carbocycles. The van der Waals surface area contributed by atoms with Gasteiger partial charge in [-0.2, -0.15) is 0 Å². The Morgan fingerprint density at radius 2 is 1.96 bits per heavy atom. The molecule has 2 aromatic rings. The average molecular weight is 417 g/mol. The number of carbonyl (C=O) groups excluding carboxylic acids is 1. The average Bonchev–Trinajstić information content (AvgIpc) is 2.72. The van der Waals surface area contributed by atoms with Crippen LogP contribution < -0.4 is 9.62 Å². The molecule has 0 saturated carbocycles. The van der Waals surface area contributed by atoms with Crippen molar-refractivity contribution in [1.82, 2.24) is 0 Å². The van der Waals surface area contributed by atoms with Crippen molar-refractivity contribution in [2.24, 2.45) is 0 Å². The second-order valence-electron chi connectivity index (χ2n) is 6.52. The number of thioether (sulfide) groups is 1. The number of nitrogens with zero attached hydrogens (tertiary/aromatic N) is 1. The summed E-state index contributed by atoms with van der Waals surface area (Å²) in [5.74, 6) is -0.143. The predicted molar refractivity (Wildman–Crippen MR) is 117 cm³/mol. The van der Waals surface area contributed by atoms with Crippen molar-refractivity contribution in [2.75, 3.05) is 28.2 Å². The van der Waals surface area contributed by atoms with Crippen molar-refractivity contribution in [1.29, 1.82) is 0 Å². The second-order valence-corrected chi connectivity index (χ2v) is 9.58. The van der Waals surface area contributed by atoms with Crippen molar-refractivity contribution >= 4 is 45.1 Å². The number of carbonyl (C=O) groups is 1. The van der Waals surface area contributed by atoms with Crippen LogP contribution in [-0.2, 0) is 21.2 Å². The lowest BCUT2D eigenvalue weighted by Gasteiger charge is -2.30. The van der Waals surface area contributed by atoms with Crippen LogP contribution in [0.3, 0.4) is 0 Å². The Labute approximate surface area is 170 Å². The summed E-state index contributed by atoms with van der Waals surface area (Å²) in [5, 5.41) is 2.85. The Bertz CT molecular complexity index is 983. The van der Waals surface area contributed by atoms with Gasteiger partial charge in [-0.1, -0.05) is 12.1 Å². The minimum Gasteiger partial charge on any atom is -0.323 e. The molecular weight excluding hydrogens is 392 g/mol. The molecule has 3 rings (SSSR count). The summed E-state index contributed by atoms with van der Waals surface area (Å²) in [6.45, 7) is 2.16. The number of hydrogen-bond donors (Lipinski definition) is 1. The van der Waals surface area contributed by atoms with Crippen LogP contribution in [0.25, 0.3) is 6.08 Å². The largest absolute Gasteiger partial charge is 0.323 e. The lowest BCUT2D eigenvalue weighted by Crippen LogP contribution is -2.36. The molecule has 1 aliphatic rings. The number of hydrogen-bond acceptors (Lipinski definition) is 4. The molecule has 1 N–H and O–H groups in total. The molecule has 148 valence electrons. The number of fused-ring (bicyclic) bond motifs is 1. The van der Waals surface area contributed by atoms with Crippen molar-refractivity contribution < 1.29 is 13.2 Å². The molecule has 7 heteroatoms. The van der Waals surface area contributed by atoms with E-state index in [2.05, 4.69) is 5.32 Å². The number of rotatable bonds is 6. The molecule has 0 unspecified atom stereocenters. The molecule has 1 amide bonds. The van der Waals surface area contributed by atoms with Crippen LogP contribution in [0.4, 0.5) is 11.4 Å². The minimum absolute atomic E-state index is 0.0770. The summed E-state index contributed by atoms with van der Waals surface area (Å²) in [6.07, 6.45) is 6.87. The van der Waals surface area contributed by atoms with Crippen LogP contribution in [-0.4, -0.2) is 32.9 Å². The molecule has 0 atom stereocenters. The minimum atomic E-state index is -3.28. The van der Waals surface area contributed by atoms with Gasteiger partial charge in [0.15, 0.2) is 0 Å². The van der Waals surface area contributed by atoms with Crippen LogP contribution in [0, 0.1) is 0 Å². The van der Waals surface area contributed by atoms with E-state index in [0.29, 0.717) is 12.2 Å². The zero-order valence-corrected chi connectivity index (χ0v) is 17.6. The fourth-order valence-corrected chi connectivity index (χ4v) is 4.76. The third kappa shape index (κ3) is 4.77. The van der Waals surface area contributed by atoms with E-state index >= 15 is 0 Å². The maximum atomic E-state index is 12.3. The fourth-order valence-electron chi connectivity index (χ4n) is 3.16. The monoisotopic (exact) mass is 416 g/mol. The number of nitrogens with one attached hydrogen (secondary N) is 1. The highest BCUT2D eigenvalue weighted by Gasteiger charge is 2.26. The molecule has 0 saturated heterocycles. The molecule has 0 radical (unpaired) electrons. The van der Waals surface area contributed by atoms with Crippen molar-refractivity contribution in [3.63, 3.8) is 0 Å². The summed E-state index contributed by atoms with van der Waals surface area (Å²) in [5.41, 5.74) is 3.29. The van der Waals surface area contributed by atoms with Gasteiger partial charge in [-0.3, -0.25) is 9.10 Å². The van der Waals surface area contributed by atoms with Crippen LogP contribution in [0.1, 0.15) is 24.5 Å². The molecule has 0 spiro atoms. The molecule has 28 heavy (non-hydrogen) atoms. The van der Waals surface area contributed by atoms with Gasteiger partial charge in [-0.25, -0.2) is 8.42 Å². The molecule has 2 aromatic carbocycles. The van der Waals surface area contributed by atoms with E-state index in [1.54, 1.807) is 36.9 Å². The Kier molecular flexibility index (Phi) is 6.46. The quantitative estimate of drug-likeness (QED) is 0.567. The van der Waals surface area contributed by atoms with Crippen LogP contribution >= 0.6 is 11.8 Å². The Morgan fingerprint density at radius 1 is 1.21 bits per heavy atom. The summed E-state index contributed by atoms with van der Waals surface area (Å²) in [6, 6.07) is 13.4. The molecule has 0 fully saturated rings. The van der Waals surface area contributed by atoms with E-state index in [9.17, 15) is 13.2 Å². The number of anilines is 2. The first kappa shape index (κ1) is 20.5. The van der Waals surface area contributed by atoms with Gasteiger partial charge < -0.3 is 5.32 Å². The first-order valence-electron chi connectivity index (χ1n) is 9.19. The fraction of sp³-hybridized carbons (Fsp3) is 0.286. The Balaban J connectivity index is 1.71. The summed E-state index contributed by atoms with van der Waals surface area (Å²) in [4.78, 5) is 13.4.